The summed E-state index contributed by atoms with van der Waals surface area (Å²) in [6, 6.07) is 7.58. The van der Waals surface area contributed by atoms with Crippen LogP contribution in [0.5, 0.6) is 5.75 Å². The molecule has 8 nitrogen and oxygen atoms in total. The number of aryl methyl sites for hydroxylation is 1. The third-order valence-corrected chi connectivity index (χ3v) is 3.67. The lowest BCUT2D eigenvalue weighted by atomic mass is 10.2. The minimum Gasteiger partial charge on any atom is -0.495 e. The molecule has 1 amide bonds. The molecular weight excluding hydrogens is 332 g/mol. The highest BCUT2D eigenvalue weighted by atomic mass is 16.5. The molecule has 0 unspecified atom stereocenters. The van der Waals surface area contributed by atoms with E-state index in [9.17, 15) is 4.79 Å². The van der Waals surface area contributed by atoms with E-state index in [2.05, 4.69) is 26.0 Å². The second-order valence-corrected chi connectivity index (χ2v) is 5.69. The molecule has 0 fully saturated rings. The van der Waals surface area contributed by atoms with E-state index < -0.39 is 0 Å². The van der Waals surface area contributed by atoms with Gasteiger partial charge in [-0.25, -0.2) is 0 Å². The first kappa shape index (κ1) is 19.3. The molecule has 0 spiro atoms. The molecule has 140 valence electrons. The number of guanidine groups is 1. The maximum Gasteiger partial charge on any atom is 0.221 e. The van der Waals surface area contributed by atoms with Gasteiger partial charge in [0.05, 0.1) is 12.8 Å². The van der Waals surface area contributed by atoms with Crippen LogP contribution in [0.1, 0.15) is 18.9 Å². The van der Waals surface area contributed by atoms with Crippen LogP contribution in [0.25, 0.3) is 0 Å². The predicted octanol–water partition coefficient (Wildman–Crippen LogP) is 1.61. The zero-order valence-electron chi connectivity index (χ0n) is 15.5. The Morgan fingerprint density at radius 1 is 1.35 bits per heavy atom. The Balaban J connectivity index is 1.82. The van der Waals surface area contributed by atoms with Crippen molar-refractivity contribution in [3.8, 4) is 5.75 Å². The monoisotopic (exact) mass is 358 g/mol. The van der Waals surface area contributed by atoms with E-state index in [0.717, 1.165) is 31.0 Å². The summed E-state index contributed by atoms with van der Waals surface area (Å²) < 4.78 is 7.17. The quantitative estimate of drug-likeness (QED) is 0.379. The number of carbonyl (C=O) groups excluding carboxylic acids is 1. The van der Waals surface area contributed by atoms with Crippen molar-refractivity contribution in [2.45, 2.75) is 26.4 Å². The Morgan fingerprint density at radius 2 is 2.19 bits per heavy atom. The largest absolute Gasteiger partial charge is 0.495 e. The molecule has 0 saturated heterocycles. The number of hydrogen-bond acceptors (Lipinski definition) is 4. The van der Waals surface area contributed by atoms with Gasteiger partial charge in [0, 0.05) is 46.0 Å². The number of nitrogens with zero attached hydrogens (tertiary/aromatic N) is 3. The average molecular weight is 358 g/mol. The number of benzene rings is 1. The first-order valence-electron chi connectivity index (χ1n) is 8.49. The Hall–Kier alpha value is -3.03. The highest BCUT2D eigenvalue weighted by Crippen LogP contribution is 2.25. The first-order valence-corrected chi connectivity index (χ1v) is 8.49. The van der Waals surface area contributed by atoms with Crippen molar-refractivity contribution in [2.24, 2.45) is 4.99 Å². The first-order chi connectivity index (χ1) is 12.6. The van der Waals surface area contributed by atoms with Crippen LogP contribution in [0.2, 0.25) is 0 Å². The fraction of sp³-hybridized carbons (Fsp3) is 0.389. The Kier molecular flexibility index (Phi) is 7.48. The van der Waals surface area contributed by atoms with Gasteiger partial charge in [-0.3, -0.25) is 14.5 Å². The molecule has 0 radical (unpaired) electrons. The molecule has 3 N–H and O–H groups in total. The van der Waals surface area contributed by atoms with Gasteiger partial charge in [0.2, 0.25) is 5.91 Å². The second-order valence-electron chi connectivity index (χ2n) is 5.69. The molecule has 0 atom stereocenters. The molecule has 0 saturated carbocycles. The summed E-state index contributed by atoms with van der Waals surface area (Å²) in [7, 11) is 3.31. The summed E-state index contributed by atoms with van der Waals surface area (Å²) in [6.07, 6.45) is 4.67. The van der Waals surface area contributed by atoms with Crippen LogP contribution in [0.15, 0.2) is 41.7 Å². The molecule has 8 heteroatoms. The molecule has 0 aliphatic rings. The van der Waals surface area contributed by atoms with Crippen LogP contribution in [-0.4, -0.2) is 42.3 Å². The van der Waals surface area contributed by atoms with Gasteiger partial charge in [0.1, 0.15) is 5.75 Å². The highest BCUT2D eigenvalue weighted by Gasteiger charge is 2.06. The third-order valence-electron chi connectivity index (χ3n) is 3.67. The number of rotatable bonds is 8. The lowest BCUT2D eigenvalue weighted by Gasteiger charge is -2.14. The van der Waals surface area contributed by atoms with Crippen LogP contribution < -0.4 is 20.7 Å². The van der Waals surface area contributed by atoms with Gasteiger partial charge in [0.25, 0.3) is 0 Å². The molecular formula is C18H26N6O2. The van der Waals surface area contributed by atoms with Gasteiger partial charge in [-0.15, -0.1) is 0 Å². The van der Waals surface area contributed by atoms with Gasteiger partial charge < -0.3 is 20.7 Å². The topological polar surface area (TPSA) is 92.6 Å². The maximum absolute atomic E-state index is 11.3. The van der Waals surface area contributed by atoms with E-state index in [4.69, 9.17) is 4.74 Å². The number of carbonyl (C=O) groups is 1. The molecule has 2 rings (SSSR count). The minimum atomic E-state index is -0.136. The van der Waals surface area contributed by atoms with Crippen molar-refractivity contribution < 1.29 is 9.53 Å². The lowest BCUT2D eigenvalue weighted by molar-refractivity contribution is -0.114. The summed E-state index contributed by atoms with van der Waals surface area (Å²) in [5.74, 6) is 1.22. The molecule has 1 heterocycles. The molecule has 1 aromatic heterocycles. The van der Waals surface area contributed by atoms with Crippen LogP contribution >= 0.6 is 0 Å². The number of aromatic nitrogens is 2. The van der Waals surface area contributed by atoms with Crippen LogP contribution in [0.3, 0.4) is 0 Å². The predicted molar refractivity (Wildman–Crippen MR) is 102 cm³/mol. The maximum atomic E-state index is 11.3. The van der Waals surface area contributed by atoms with Crippen molar-refractivity contribution in [2.75, 3.05) is 26.0 Å². The van der Waals surface area contributed by atoms with Crippen molar-refractivity contribution >= 4 is 17.6 Å². The minimum absolute atomic E-state index is 0.136. The molecule has 0 aliphatic heterocycles. The van der Waals surface area contributed by atoms with E-state index in [1.807, 2.05) is 35.1 Å². The molecule has 2 aromatic rings. The lowest BCUT2D eigenvalue weighted by Crippen LogP contribution is -2.37. The highest BCUT2D eigenvalue weighted by molar-refractivity contribution is 5.90. The van der Waals surface area contributed by atoms with Crippen molar-refractivity contribution in [3.63, 3.8) is 0 Å². The second kappa shape index (κ2) is 10.1. The Labute approximate surface area is 153 Å². The van der Waals surface area contributed by atoms with Gasteiger partial charge >= 0.3 is 0 Å². The normalized spacial score (nSPS) is 11.1. The Morgan fingerprint density at radius 3 is 2.85 bits per heavy atom. The van der Waals surface area contributed by atoms with Crippen molar-refractivity contribution in [1.82, 2.24) is 20.4 Å². The fourth-order valence-electron chi connectivity index (χ4n) is 2.44. The molecule has 0 bridgehead atoms. The van der Waals surface area contributed by atoms with E-state index >= 15 is 0 Å². The number of methoxy groups -OCH3 is 1. The van der Waals surface area contributed by atoms with E-state index in [1.165, 1.54) is 6.92 Å². The van der Waals surface area contributed by atoms with Crippen molar-refractivity contribution in [1.29, 1.82) is 0 Å². The zero-order chi connectivity index (χ0) is 18.8. The smallest absolute Gasteiger partial charge is 0.221 e. The van der Waals surface area contributed by atoms with Gasteiger partial charge in [-0.2, -0.15) is 5.10 Å². The van der Waals surface area contributed by atoms with Gasteiger partial charge in [-0.05, 0) is 30.2 Å². The number of nitrogens with one attached hydrogen (secondary N) is 3. The summed E-state index contributed by atoms with van der Waals surface area (Å²) in [6.45, 7) is 3.70. The number of hydrogen-bond donors (Lipinski definition) is 3. The number of amides is 1. The molecule has 1 aromatic carbocycles. The number of anilines is 1. The van der Waals surface area contributed by atoms with Crippen molar-refractivity contribution in [3.05, 3.63) is 42.2 Å². The number of aliphatic imine (C=N–C) groups is 1. The molecule has 26 heavy (non-hydrogen) atoms. The van der Waals surface area contributed by atoms with E-state index in [1.54, 1.807) is 20.4 Å². The summed E-state index contributed by atoms with van der Waals surface area (Å²) >= 11 is 0. The SMILES string of the molecule is CN=C(NCCCn1cccn1)NCc1ccc(OC)c(NC(C)=O)c1. The van der Waals surface area contributed by atoms with Gasteiger partial charge in [-0.1, -0.05) is 6.07 Å². The zero-order valence-corrected chi connectivity index (χ0v) is 15.5. The summed E-state index contributed by atoms with van der Waals surface area (Å²) in [5, 5.41) is 13.5. The summed E-state index contributed by atoms with van der Waals surface area (Å²) in [4.78, 5) is 15.5. The Bertz CT molecular complexity index is 727. The summed E-state index contributed by atoms with van der Waals surface area (Å²) in [5.41, 5.74) is 1.66. The van der Waals surface area contributed by atoms with Crippen LogP contribution in [0, 0.1) is 0 Å². The van der Waals surface area contributed by atoms with E-state index in [0.29, 0.717) is 18.0 Å². The van der Waals surface area contributed by atoms with Gasteiger partial charge in [0.15, 0.2) is 5.96 Å². The van der Waals surface area contributed by atoms with E-state index in [-0.39, 0.29) is 5.91 Å². The van der Waals surface area contributed by atoms with Crippen LogP contribution in [-0.2, 0) is 17.9 Å². The average Bonchev–Trinajstić information content (AvgIpc) is 3.14. The van der Waals surface area contributed by atoms with Crippen LogP contribution in [0.4, 0.5) is 5.69 Å². The number of ether oxygens (including phenoxy) is 1. The fourth-order valence-corrected chi connectivity index (χ4v) is 2.44. The third kappa shape index (κ3) is 6.12. The molecule has 0 aliphatic carbocycles. The standard InChI is InChI=1S/C18H26N6O2/c1-14(25)23-16-12-15(6-7-17(16)26-3)13-21-18(19-2)20-8-4-10-24-11-5-9-22-24/h5-7,9,11-12H,4,8,10,13H2,1-3H3,(H,23,25)(H2,19,20,21).